The molecule has 1 fully saturated rings. The minimum Gasteiger partial charge on any atom is -0.385 e. The minimum absolute atomic E-state index is 0.388. The van der Waals surface area contributed by atoms with Crippen LogP contribution in [0, 0.1) is 17.8 Å². The fourth-order valence-electron chi connectivity index (χ4n) is 3.21. The maximum absolute atomic E-state index is 6.31. The van der Waals surface area contributed by atoms with Crippen LogP contribution in [0.1, 0.15) is 33.1 Å². The van der Waals surface area contributed by atoms with Crippen molar-refractivity contribution in [3.8, 4) is 0 Å². The molecule has 1 rings (SSSR count). The van der Waals surface area contributed by atoms with Gasteiger partial charge in [-0.15, -0.1) is 0 Å². The monoisotopic (exact) mass is 242 g/mol. The van der Waals surface area contributed by atoms with Crippen LogP contribution in [-0.4, -0.2) is 44.8 Å². The molecule has 0 amide bonds. The van der Waals surface area contributed by atoms with Crippen molar-refractivity contribution in [1.29, 1.82) is 0 Å². The second kappa shape index (κ2) is 7.34. The molecule has 3 heteroatoms. The summed E-state index contributed by atoms with van der Waals surface area (Å²) in [6.45, 7) is 7.80. The number of methoxy groups -OCH3 is 1. The third-order valence-electron chi connectivity index (χ3n) is 4.14. The zero-order chi connectivity index (χ0) is 12.8. The molecule has 0 aromatic rings. The smallest absolute Gasteiger partial charge is 0.0474 e. The topological polar surface area (TPSA) is 38.5 Å². The Kier molecular flexibility index (Phi) is 6.45. The van der Waals surface area contributed by atoms with E-state index in [0.717, 1.165) is 38.0 Å². The molecule has 2 N–H and O–H groups in total. The molecule has 0 radical (unpaired) electrons. The number of nitrogens with zero attached hydrogens (tertiary/aromatic N) is 1. The molecule has 0 bridgehead atoms. The van der Waals surface area contributed by atoms with E-state index in [1.165, 1.54) is 12.8 Å². The zero-order valence-corrected chi connectivity index (χ0v) is 12.0. The normalized spacial score (nSPS) is 34.2. The molecule has 4 atom stereocenters. The summed E-state index contributed by atoms with van der Waals surface area (Å²) < 4.78 is 5.09. The third kappa shape index (κ3) is 4.94. The van der Waals surface area contributed by atoms with Gasteiger partial charge in [0.25, 0.3) is 0 Å². The van der Waals surface area contributed by atoms with Crippen LogP contribution in [-0.2, 0) is 4.74 Å². The van der Waals surface area contributed by atoms with Crippen molar-refractivity contribution in [2.24, 2.45) is 23.5 Å². The fourth-order valence-corrected chi connectivity index (χ4v) is 3.21. The van der Waals surface area contributed by atoms with Crippen molar-refractivity contribution in [1.82, 2.24) is 4.90 Å². The Morgan fingerprint density at radius 2 is 2.00 bits per heavy atom. The van der Waals surface area contributed by atoms with Crippen molar-refractivity contribution >= 4 is 0 Å². The van der Waals surface area contributed by atoms with Crippen LogP contribution >= 0.6 is 0 Å². The summed E-state index contributed by atoms with van der Waals surface area (Å²) in [5, 5.41) is 0. The van der Waals surface area contributed by atoms with E-state index in [1.807, 2.05) is 0 Å². The number of nitrogens with two attached hydrogens (primary N) is 1. The lowest BCUT2D eigenvalue weighted by atomic mass is 9.72. The Labute approximate surface area is 107 Å². The SMILES string of the molecule is COCCCN(C)CC1C(C)CC(C)CC1N. The molecule has 0 saturated heterocycles. The Balaban J connectivity index is 2.33. The molecule has 4 unspecified atom stereocenters. The molecule has 102 valence electrons. The molecule has 0 aromatic heterocycles. The number of hydrogen-bond acceptors (Lipinski definition) is 3. The van der Waals surface area contributed by atoms with Crippen LogP contribution in [0.4, 0.5) is 0 Å². The molecule has 1 aliphatic rings. The summed E-state index contributed by atoms with van der Waals surface area (Å²) in [6.07, 6.45) is 3.64. The standard InChI is InChI=1S/C14H30N2O/c1-11-8-12(2)13(14(15)9-11)10-16(3)6-5-7-17-4/h11-14H,5-10,15H2,1-4H3. The summed E-state index contributed by atoms with van der Waals surface area (Å²) >= 11 is 0. The molecule has 3 nitrogen and oxygen atoms in total. The first-order valence-electron chi connectivity index (χ1n) is 6.97. The van der Waals surface area contributed by atoms with Gasteiger partial charge in [-0.05, 0) is 44.1 Å². The van der Waals surface area contributed by atoms with Crippen molar-refractivity contribution in [3.63, 3.8) is 0 Å². The first kappa shape index (κ1) is 14.9. The fraction of sp³-hybridized carbons (Fsp3) is 1.00. The lowest BCUT2D eigenvalue weighted by Crippen LogP contribution is -2.46. The third-order valence-corrected chi connectivity index (χ3v) is 4.14. The Morgan fingerprint density at radius 3 is 2.59 bits per heavy atom. The molecule has 0 spiro atoms. The van der Waals surface area contributed by atoms with E-state index in [-0.39, 0.29) is 0 Å². The van der Waals surface area contributed by atoms with Gasteiger partial charge in [0.15, 0.2) is 0 Å². The Morgan fingerprint density at radius 1 is 1.29 bits per heavy atom. The lowest BCUT2D eigenvalue weighted by molar-refractivity contribution is 0.121. The number of rotatable bonds is 6. The first-order chi connectivity index (χ1) is 8.04. The average molecular weight is 242 g/mol. The second-order valence-electron chi connectivity index (χ2n) is 5.99. The van der Waals surface area contributed by atoms with Crippen LogP contribution in [0.15, 0.2) is 0 Å². The minimum atomic E-state index is 0.388. The van der Waals surface area contributed by atoms with Crippen molar-refractivity contribution < 1.29 is 4.74 Å². The molecule has 17 heavy (non-hydrogen) atoms. The van der Waals surface area contributed by atoms with Gasteiger partial charge >= 0.3 is 0 Å². The molecule has 1 aliphatic carbocycles. The van der Waals surface area contributed by atoms with E-state index >= 15 is 0 Å². The van der Waals surface area contributed by atoms with Crippen LogP contribution in [0.5, 0.6) is 0 Å². The van der Waals surface area contributed by atoms with E-state index in [0.29, 0.717) is 12.0 Å². The van der Waals surface area contributed by atoms with Gasteiger partial charge in [-0.2, -0.15) is 0 Å². The molecule has 0 aromatic carbocycles. The van der Waals surface area contributed by atoms with E-state index in [4.69, 9.17) is 10.5 Å². The molecule has 1 saturated carbocycles. The van der Waals surface area contributed by atoms with E-state index < -0.39 is 0 Å². The largest absolute Gasteiger partial charge is 0.385 e. The van der Waals surface area contributed by atoms with Crippen LogP contribution < -0.4 is 5.73 Å². The van der Waals surface area contributed by atoms with Gasteiger partial charge in [0, 0.05) is 32.8 Å². The summed E-state index contributed by atoms with van der Waals surface area (Å²) in [6, 6.07) is 0.388. The zero-order valence-electron chi connectivity index (χ0n) is 12.0. The second-order valence-corrected chi connectivity index (χ2v) is 5.99. The van der Waals surface area contributed by atoms with Gasteiger partial charge in [-0.1, -0.05) is 13.8 Å². The quantitative estimate of drug-likeness (QED) is 0.724. The van der Waals surface area contributed by atoms with Gasteiger partial charge in [-0.3, -0.25) is 0 Å². The average Bonchev–Trinajstić information content (AvgIpc) is 2.24. The summed E-state index contributed by atoms with van der Waals surface area (Å²) in [5.74, 6) is 2.23. The van der Waals surface area contributed by atoms with Gasteiger partial charge in [0.2, 0.25) is 0 Å². The predicted octanol–water partition coefficient (Wildman–Crippen LogP) is 1.96. The summed E-state index contributed by atoms with van der Waals surface area (Å²) in [4.78, 5) is 2.41. The Bertz CT molecular complexity index is 198. The van der Waals surface area contributed by atoms with Crippen LogP contribution in [0.25, 0.3) is 0 Å². The highest BCUT2D eigenvalue weighted by molar-refractivity contribution is 4.86. The maximum atomic E-state index is 6.31. The molecule has 0 heterocycles. The van der Waals surface area contributed by atoms with Gasteiger partial charge in [0.05, 0.1) is 0 Å². The van der Waals surface area contributed by atoms with E-state index in [1.54, 1.807) is 7.11 Å². The summed E-state index contributed by atoms with van der Waals surface area (Å²) in [5.41, 5.74) is 6.31. The van der Waals surface area contributed by atoms with Gasteiger partial charge in [0.1, 0.15) is 0 Å². The molecular formula is C14H30N2O. The maximum Gasteiger partial charge on any atom is 0.0474 e. The highest BCUT2D eigenvalue weighted by Crippen LogP contribution is 2.33. The van der Waals surface area contributed by atoms with E-state index in [9.17, 15) is 0 Å². The Hall–Kier alpha value is -0.120. The van der Waals surface area contributed by atoms with Crippen molar-refractivity contribution in [2.45, 2.75) is 39.2 Å². The highest BCUT2D eigenvalue weighted by Gasteiger charge is 2.32. The predicted molar refractivity (Wildman–Crippen MR) is 73.0 cm³/mol. The number of hydrogen-bond donors (Lipinski definition) is 1. The van der Waals surface area contributed by atoms with Crippen LogP contribution in [0.3, 0.4) is 0 Å². The highest BCUT2D eigenvalue weighted by atomic mass is 16.5. The molecule has 0 aliphatic heterocycles. The van der Waals surface area contributed by atoms with Gasteiger partial charge in [-0.25, -0.2) is 0 Å². The van der Waals surface area contributed by atoms with Crippen molar-refractivity contribution in [2.75, 3.05) is 33.9 Å². The van der Waals surface area contributed by atoms with Gasteiger partial charge < -0.3 is 15.4 Å². The number of ether oxygens (including phenoxy) is 1. The van der Waals surface area contributed by atoms with Crippen LogP contribution in [0.2, 0.25) is 0 Å². The first-order valence-corrected chi connectivity index (χ1v) is 6.97. The lowest BCUT2D eigenvalue weighted by Gasteiger charge is -2.39. The van der Waals surface area contributed by atoms with E-state index in [2.05, 4.69) is 25.8 Å². The molecular weight excluding hydrogens is 212 g/mol. The summed E-state index contributed by atoms with van der Waals surface area (Å²) in [7, 11) is 3.97. The van der Waals surface area contributed by atoms with Crippen molar-refractivity contribution in [3.05, 3.63) is 0 Å².